The fraction of sp³-hybridized carbons (Fsp3) is 0.381. The van der Waals surface area contributed by atoms with Crippen molar-refractivity contribution in [2.75, 3.05) is 14.2 Å². The first-order valence-corrected chi connectivity index (χ1v) is 9.33. The first-order valence-electron chi connectivity index (χ1n) is 8.33. The second-order valence-electron chi connectivity index (χ2n) is 7.23. The zero-order valence-corrected chi connectivity index (χ0v) is 17.1. The molecule has 0 heterocycles. The van der Waals surface area contributed by atoms with Crippen molar-refractivity contribution < 1.29 is 14.3 Å². The molecule has 0 bridgehead atoms. The van der Waals surface area contributed by atoms with Crippen molar-refractivity contribution >= 4 is 19.4 Å². The number of aryl methyl sites for hydroxylation is 2. The monoisotopic (exact) mass is 358 g/mol. The molecule has 0 aliphatic rings. The summed E-state index contributed by atoms with van der Waals surface area (Å²) in [6.07, 6.45) is 0. The lowest BCUT2D eigenvalue weighted by atomic mass is 9.85. The molecule has 25 heavy (non-hydrogen) atoms. The second-order valence-corrected chi connectivity index (χ2v) is 8.43. The number of benzene rings is 2. The lowest BCUT2D eigenvalue weighted by Crippen LogP contribution is -2.16. The zero-order chi connectivity index (χ0) is 18.8. The molecule has 1 atom stereocenters. The fourth-order valence-electron chi connectivity index (χ4n) is 2.84. The summed E-state index contributed by atoms with van der Waals surface area (Å²) >= 11 is 0. The third-order valence-electron chi connectivity index (χ3n) is 4.29. The molecular formula is C21H27O3P. The van der Waals surface area contributed by atoms with Gasteiger partial charge in [0.15, 0.2) is 5.52 Å². The predicted octanol–water partition coefficient (Wildman–Crippen LogP) is 4.76. The Hall–Kier alpha value is -1.86. The van der Waals surface area contributed by atoms with Crippen LogP contribution in [0, 0.1) is 13.8 Å². The average molecular weight is 358 g/mol. The first-order chi connectivity index (χ1) is 11.7. The van der Waals surface area contributed by atoms with Crippen LogP contribution < -0.4 is 14.8 Å². The second kappa shape index (κ2) is 7.58. The maximum atomic E-state index is 13.0. The van der Waals surface area contributed by atoms with Gasteiger partial charge in [0.05, 0.1) is 14.2 Å². The molecule has 0 aliphatic heterocycles. The van der Waals surface area contributed by atoms with Gasteiger partial charge in [0, 0.05) is 0 Å². The molecule has 0 aliphatic carbocycles. The Bertz CT molecular complexity index is 743. The molecule has 2 rings (SSSR count). The summed E-state index contributed by atoms with van der Waals surface area (Å²) in [5.41, 5.74) is 4.25. The third-order valence-corrected chi connectivity index (χ3v) is 5.81. The van der Waals surface area contributed by atoms with E-state index in [1.165, 1.54) is 5.56 Å². The summed E-state index contributed by atoms with van der Waals surface area (Å²) in [6.45, 7) is 10.8. The summed E-state index contributed by atoms with van der Waals surface area (Å²) in [4.78, 5) is 13.0. The van der Waals surface area contributed by atoms with Crippen LogP contribution in [0.15, 0.2) is 30.3 Å². The van der Waals surface area contributed by atoms with Crippen LogP contribution in [0.4, 0.5) is 0 Å². The lowest BCUT2D eigenvalue weighted by molar-refractivity contribution is 0.108. The standard InChI is InChI=1S/C21H27O3P/c1-13-11-15(21(3,4)5)12-14(2)19(13)25-20(22)18-16(23-6)9-8-10-17(18)24-7/h8-12,25H,1-7H3. The van der Waals surface area contributed by atoms with E-state index in [1.807, 2.05) is 6.07 Å². The molecule has 0 aromatic heterocycles. The van der Waals surface area contributed by atoms with Crippen molar-refractivity contribution in [2.24, 2.45) is 0 Å². The van der Waals surface area contributed by atoms with Gasteiger partial charge < -0.3 is 9.47 Å². The minimum atomic E-state index is 0.0315. The van der Waals surface area contributed by atoms with Gasteiger partial charge in [-0.15, -0.1) is 0 Å². The molecule has 3 nitrogen and oxygen atoms in total. The number of carbonyl (C=O) groups is 1. The quantitative estimate of drug-likeness (QED) is 0.723. The Morgan fingerprint density at radius 3 is 1.84 bits per heavy atom. The van der Waals surface area contributed by atoms with Gasteiger partial charge in [-0.05, 0) is 62.0 Å². The molecule has 0 fully saturated rings. The highest BCUT2D eigenvalue weighted by Gasteiger charge is 2.21. The van der Waals surface area contributed by atoms with Gasteiger partial charge in [0.2, 0.25) is 0 Å². The Kier molecular flexibility index (Phi) is 5.90. The maximum absolute atomic E-state index is 13.0. The highest BCUT2D eigenvalue weighted by atomic mass is 31.1. The fourth-order valence-corrected chi connectivity index (χ4v) is 3.98. The van der Waals surface area contributed by atoms with Crippen LogP contribution in [0.25, 0.3) is 0 Å². The van der Waals surface area contributed by atoms with Crippen molar-refractivity contribution in [3.8, 4) is 11.5 Å². The number of ether oxygens (including phenoxy) is 2. The van der Waals surface area contributed by atoms with Gasteiger partial charge in [-0.2, -0.15) is 0 Å². The van der Waals surface area contributed by atoms with Crippen LogP contribution >= 0.6 is 8.58 Å². The third kappa shape index (κ3) is 4.22. The Labute approximate surface area is 152 Å². The minimum Gasteiger partial charge on any atom is -0.496 e. The molecule has 0 saturated carbocycles. The van der Waals surface area contributed by atoms with Crippen molar-refractivity contribution in [3.63, 3.8) is 0 Å². The zero-order valence-electron chi connectivity index (χ0n) is 16.1. The van der Waals surface area contributed by atoms with Gasteiger partial charge in [0.25, 0.3) is 0 Å². The molecule has 2 aromatic carbocycles. The Morgan fingerprint density at radius 2 is 1.44 bits per heavy atom. The summed E-state index contributed by atoms with van der Waals surface area (Å²) in [6, 6.07) is 9.81. The maximum Gasteiger partial charge on any atom is 0.193 e. The SMILES string of the molecule is COc1cccc(OC)c1C(=O)Pc1c(C)cc(C(C)(C)C)cc1C. The van der Waals surface area contributed by atoms with E-state index in [9.17, 15) is 4.79 Å². The van der Waals surface area contributed by atoms with Crippen molar-refractivity contribution in [3.05, 3.63) is 52.6 Å². The van der Waals surface area contributed by atoms with Gasteiger partial charge in [0.1, 0.15) is 17.1 Å². The van der Waals surface area contributed by atoms with E-state index in [2.05, 4.69) is 46.8 Å². The summed E-state index contributed by atoms with van der Waals surface area (Å²) in [7, 11) is 3.18. The number of methoxy groups -OCH3 is 2. The molecule has 0 amide bonds. The van der Waals surface area contributed by atoms with Crippen LogP contribution in [-0.2, 0) is 5.41 Å². The van der Waals surface area contributed by atoms with E-state index < -0.39 is 0 Å². The topological polar surface area (TPSA) is 35.5 Å². The van der Waals surface area contributed by atoms with E-state index in [1.54, 1.807) is 26.4 Å². The summed E-state index contributed by atoms with van der Waals surface area (Å²) in [5.74, 6) is 1.11. The first kappa shape index (κ1) is 19.5. The van der Waals surface area contributed by atoms with Gasteiger partial charge >= 0.3 is 0 Å². The molecule has 1 unspecified atom stereocenters. The van der Waals surface area contributed by atoms with Crippen LogP contribution in [0.1, 0.15) is 47.8 Å². The highest BCUT2D eigenvalue weighted by Crippen LogP contribution is 2.35. The number of hydrogen-bond acceptors (Lipinski definition) is 3. The van der Waals surface area contributed by atoms with Crippen molar-refractivity contribution in [2.45, 2.75) is 40.0 Å². The van der Waals surface area contributed by atoms with Gasteiger partial charge in [-0.3, -0.25) is 4.79 Å². The Morgan fingerprint density at radius 1 is 0.960 bits per heavy atom. The number of carbonyl (C=O) groups excluding carboxylic acids is 1. The molecule has 0 saturated heterocycles. The normalized spacial score (nSPS) is 11.8. The smallest absolute Gasteiger partial charge is 0.193 e. The van der Waals surface area contributed by atoms with Crippen molar-refractivity contribution in [1.82, 2.24) is 0 Å². The van der Waals surface area contributed by atoms with Crippen molar-refractivity contribution in [1.29, 1.82) is 0 Å². The van der Waals surface area contributed by atoms with Crippen LogP contribution in [0.3, 0.4) is 0 Å². The van der Waals surface area contributed by atoms with E-state index in [0.29, 0.717) is 17.1 Å². The number of rotatable bonds is 5. The van der Waals surface area contributed by atoms with E-state index >= 15 is 0 Å². The molecule has 2 aromatic rings. The molecule has 0 spiro atoms. The van der Waals surface area contributed by atoms with Crippen LogP contribution in [0.5, 0.6) is 11.5 Å². The van der Waals surface area contributed by atoms with E-state index in [-0.39, 0.29) is 19.5 Å². The Balaban J connectivity index is 2.43. The highest BCUT2D eigenvalue weighted by molar-refractivity contribution is 7.66. The molecule has 4 heteroatoms. The molecule has 134 valence electrons. The summed E-state index contributed by atoms with van der Waals surface area (Å²) in [5, 5.41) is 1.10. The summed E-state index contributed by atoms with van der Waals surface area (Å²) < 4.78 is 10.7. The molecule has 0 radical (unpaired) electrons. The predicted molar refractivity (Wildman–Crippen MR) is 106 cm³/mol. The minimum absolute atomic E-state index is 0.0315. The lowest BCUT2D eigenvalue weighted by Gasteiger charge is -2.22. The average Bonchev–Trinajstić information content (AvgIpc) is 2.55. The molecular weight excluding hydrogens is 331 g/mol. The largest absolute Gasteiger partial charge is 0.496 e. The van der Waals surface area contributed by atoms with Crippen LogP contribution in [-0.4, -0.2) is 19.7 Å². The van der Waals surface area contributed by atoms with E-state index in [4.69, 9.17) is 9.47 Å². The van der Waals surface area contributed by atoms with Gasteiger partial charge in [-0.25, -0.2) is 0 Å². The number of hydrogen-bond donors (Lipinski definition) is 0. The van der Waals surface area contributed by atoms with Crippen LogP contribution in [0.2, 0.25) is 0 Å². The van der Waals surface area contributed by atoms with Gasteiger partial charge in [-0.1, -0.05) is 39.0 Å². The van der Waals surface area contributed by atoms with E-state index in [0.717, 1.165) is 16.4 Å². The molecule has 0 N–H and O–H groups in total.